The summed E-state index contributed by atoms with van der Waals surface area (Å²) in [5.74, 6) is 1.03. The van der Waals surface area contributed by atoms with Crippen LogP contribution in [0.5, 0.6) is 0 Å². The Morgan fingerprint density at radius 3 is 1.88 bits per heavy atom. The van der Waals surface area contributed by atoms with E-state index in [1.807, 2.05) is 0 Å². The molecule has 2 aliphatic rings. The minimum atomic E-state index is 0.835. The van der Waals surface area contributed by atoms with Crippen molar-refractivity contribution in [3.05, 3.63) is 0 Å². The summed E-state index contributed by atoms with van der Waals surface area (Å²) >= 11 is 2.07. The van der Waals surface area contributed by atoms with Gasteiger partial charge in [0, 0.05) is 17.3 Å². The quantitative estimate of drug-likeness (QED) is 0.807. The lowest BCUT2D eigenvalue weighted by molar-refractivity contribution is 0.249. The van der Waals surface area contributed by atoms with Crippen molar-refractivity contribution in [2.75, 3.05) is 6.26 Å². The average molecular weight is 255 g/mol. The lowest BCUT2D eigenvalue weighted by atomic mass is 9.83. The molecule has 0 aromatic rings. The molecule has 2 heteroatoms. The van der Waals surface area contributed by atoms with Crippen LogP contribution in [-0.2, 0) is 0 Å². The highest BCUT2D eigenvalue weighted by Gasteiger charge is 2.25. The summed E-state index contributed by atoms with van der Waals surface area (Å²) < 4.78 is 0. The van der Waals surface area contributed by atoms with Gasteiger partial charge in [-0.05, 0) is 63.5 Å². The first-order valence-corrected chi connectivity index (χ1v) is 8.89. The maximum Gasteiger partial charge on any atom is 0.00704 e. The van der Waals surface area contributed by atoms with E-state index in [4.69, 9.17) is 0 Å². The Hall–Kier alpha value is 0.310. The molecule has 0 aromatic heterocycles. The smallest absolute Gasteiger partial charge is 0.00704 e. The Morgan fingerprint density at radius 2 is 1.41 bits per heavy atom. The summed E-state index contributed by atoms with van der Waals surface area (Å²) in [4.78, 5) is 0. The summed E-state index contributed by atoms with van der Waals surface area (Å²) in [6.45, 7) is 2.35. The van der Waals surface area contributed by atoms with E-state index in [9.17, 15) is 0 Å². The molecule has 2 saturated carbocycles. The Kier molecular flexibility index (Phi) is 5.68. The number of hydrogen-bond donors (Lipinski definition) is 1. The first kappa shape index (κ1) is 13.7. The molecule has 2 aliphatic carbocycles. The normalized spacial score (nSPS) is 39.2. The van der Waals surface area contributed by atoms with Crippen molar-refractivity contribution in [1.29, 1.82) is 0 Å². The van der Waals surface area contributed by atoms with Crippen LogP contribution < -0.4 is 5.32 Å². The van der Waals surface area contributed by atoms with E-state index in [0.29, 0.717) is 0 Å². The number of thioether (sulfide) groups is 1. The standard InChI is InChI=1S/C15H29NS/c1-3-12-4-6-13(7-5-12)16-14-8-10-15(17-2)11-9-14/h12-16H,3-11H2,1-2H3. The number of nitrogens with one attached hydrogen (secondary N) is 1. The van der Waals surface area contributed by atoms with Crippen LogP contribution in [0.4, 0.5) is 0 Å². The van der Waals surface area contributed by atoms with Gasteiger partial charge >= 0.3 is 0 Å². The first-order chi connectivity index (χ1) is 8.31. The minimum Gasteiger partial charge on any atom is -0.311 e. The monoisotopic (exact) mass is 255 g/mol. The molecule has 0 heterocycles. The Labute approximate surface area is 112 Å². The molecule has 0 aromatic carbocycles. The van der Waals surface area contributed by atoms with Gasteiger partial charge in [0.2, 0.25) is 0 Å². The predicted molar refractivity (Wildman–Crippen MR) is 78.7 cm³/mol. The van der Waals surface area contributed by atoms with Crippen molar-refractivity contribution in [2.24, 2.45) is 5.92 Å². The van der Waals surface area contributed by atoms with Gasteiger partial charge in [-0.1, -0.05) is 13.3 Å². The van der Waals surface area contributed by atoms with E-state index in [1.165, 1.54) is 57.8 Å². The van der Waals surface area contributed by atoms with Crippen molar-refractivity contribution >= 4 is 11.8 Å². The second-order valence-corrected chi connectivity index (χ2v) is 7.14. The third kappa shape index (κ3) is 4.17. The molecule has 0 unspecified atom stereocenters. The number of hydrogen-bond acceptors (Lipinski definition) is 2. The van der Waals surface area contributed by atoms with Crippen LogP contribution in [-0.4, -0.2) is 23.6 Å². The highest BCUT2D eigenvalue weighted by atomic mass is 32.2. The second-order valence-electron chi connectivity index (χ2n) is 6.00. The Bertz CT molecular complexity index is 181. The zero-order chi connectivity index (χ0) is 12.1. The lowest BCUT2D eigenvalue weighted by Gasteiger charge is -2.35. The van der Waals surface area contributed by atoms with Gasteiger partial charge in [-0.2, -0.15) is 11.8 Å². The highest BCUT2D eigenvalue weighted by Crippen LogP contribution is 2.30. The van der Waals surface area contributed by atoms with Crippen molar-refractivity contribution < 1.29 is 0 Å². The van der Waals surface area contributed by atoms with Gasteiger partial charge in [-0.25, -0.2) is 0 Å². The van der Waals surface area contributed by atoms with Crippen LogP contribution in [0.15, 0.2) is 0 Å². The fraction of sp³-hybridized carbons (Fsp3) is 1.00. The molecule has 1 nitrogen and oxygen atoms in total. The molecule has 0 aliphatic heterocycles. The zero-order valence-electron chi connectivity index (χ0n) is 11.6. The van der Waals surface area contributed by atoms with Crippen molar-refractivity contribution in [2.45, 2.75) is 82.0 Å². The predicted octanol–water partition coefficient (Wildman–Crippen LogP) is 4.22. The van der Waals surface area contributed by atoms with Crippen LogP contribution in [0, 0.1) is 5.92 Å². The van der Waals surface area contributed by atoms with Crippen molar-refractivity contribution in [1.82, 2.24) is 5.32 Å². The molecule has 0 radical (unpaired) electrons. The van der Waals surface area contributed by atoms with Gasteiger partial charge in [0.15, 0.2) is 0 Å². The van der Waals surface area contributed by atoms with Gasteiger partial charge in [0.25, 0.3) is 0 Å². The molecule has 2 fully saturated rings. The van der Waals surface area contributed by atoms with Crippen molar-refractivity contribution in [3.8, 4) is 0 Å². The van der Waals surface area contributed by atoms with Crippen LogP contribution in [0.2, 0.25) is 0 Å². The van der Waals surface area contributed by atoms with Gasteiger partial charge in [0.05, 0.1) is 0 Å². The third-order valence-corrected chi connectivity index (χ3v) is 6.04. The fourth-order valence-electron chi connectivity index (χ4n) is 3.54. The molecule has 17 heavy (non-hydrogen) atoms. The van der Waals surface area contributed by atoms with Gasteiger partial charge in [-0.3, -0.25) is 0 Å². The molecular weight excluding hydrogens is 226 g/mol. The molecule has 2 rings (SSSR count). The van der Waals surface area contributed by atoms with E-state index in [0.717, 1.165) is 23.3 Å². The van der Waals surface area contributed by atoms with Gasteiger partial charge in [-0.15, -0.1) is 0 Å². The Balaban J connectivity index is 1.65. The summed E-state index contributed by atoms with van der Waals surface area (Å²) in [6.07, 6.45) is 15.2. The summed E-state index contributed by atoms with van der Waals surface area (Å²) in [5, 5.41) is 4.89. The molecule has 0 bridgehead atoms. The van der Waals surface area contributed by atoms with Gasteiger partial charge in [0.1, 0.15) is 0 Å². The summed E-state index contributed by atoms with van der Waals surface area (Å²) in [7, 11) is 0. The molecule has 0 amide bonds. The third-order valence-electron chi connectivity index (χ3n) is 4.90. The minimum absolute atomic E-state index is 0.835. The SMILES string of the molecule is CCC1CCC(NC2CCC(SC)CC2)CC1. The topological polar surface area (TPSA) is 12.0 Å². The van der Waals surface area contributed by atoms with Crippen LogP contribution in [0.25, 0.3) is 0 Å². The van der Waals surface area contributed by atoms with Gasteiger partial charge < -0.3 is 5.32 Å². The van der Waals surface area contributed by atoms with E-state index in [-0.39, 0.29) is 0 Å². The van der Waals surface area contributed by atoms with E-state index in [1.54, 1.807) is 0 Å². The molecule has 0 spiro atoms. The maximum absolute atomic E-state index is 3.94. The van der Waals surface area contributed by atoms with E-state index < -0.39 is 0 Å². The molecular formula is C15H29NS. The first-order valence-electron chi connectivity index (χ1n) is 7.60. The lowest BCUT2D eigenvalue weighted by Crippen LogP contribution is -2.42. The zero-order valence-corrected chi connectivity index (χ0v) is 12.4. The maximum atomic E-state index is 3.94. The summed E-state index contributed by atoms with van der Waals surface area (Å²) in [5.41, 5.74) is 0. The molecule has 0 saturated heterocycles. The highest BCUT2D eigenvalue weighted by molar-refractivity contribution is 7.99. The summed E-state index contributed by atoms with van der Waals surface area (Å²) in [6, 6.07) is 1.68. The van der Waals surface area contributed by atoms with Crippen LogP contribution in [0.1, 0.15) is 64.7 Å². The number of rotatable bonds is 4. The van der Waals surface area contributed by atoms with Crippen LogP contribution >= 0.6 is 11.8 Å². The fourth-order valence-corrected chi connectivity index (χ4v) is 4.28. The molecule has 100 valence electrons. The second kappa shape index (κ2) is 7.04. The van der Waals surface area contributed by atoms with E-state index in [2.05, 4.69) is 30.3 Å². The molecule has 1 N–H and O–H groups in total. The largest absolute Gasteiger partial charge is 0.311 e. The average Bonchev–Trinajstić information content (AvgIpc) is 2.40. The van der Waals surface area contributed by atoms with E-state index >= 15 is 0 Å². The molecule has 0 atom stereocenters. The van der Waals surface area contributed by atoms with Crippen molar-refractivity contribution in [3.63, 3.8) is 0 Å². The van der Waals surface area contributed by atoms with Crippen LogP contribution in [0.3, 0.4) is 0 Å². The Morgan fingerprint density at radius 1 is 0.882 bits per heavy atom.